The van der Waals surface area contributed by atoms with Crippen LogP contribution in [0.1, 0.15) is 31.9 Å². The lowest BCUT2D eigenvalue weighted by molar-refractivity contribution is 0.0341. The van der Waals surface area contributed by atoms with E-state index >= 15 is 0 Å². The molecule has 2 N–H and O–H groups in total. The number of hydrogen-bond donors (Lipinski definition) is 2. The molecule has 180 valence electrons. The predicted octanol–water partition coefficient (Wildman–Crippen LogP) is 1.85. The standard InChI is InChI=1S/C25H44N6O/c1-5-26-25(28-19-24(21(2)3)31-12-10-29(4)11-13-31)27-18-22-8-6-7-9-23(22)20-30-14-16-32-17-15-30/h6-9,21,24H,5,10-20H2,1-4H3,(H2,26,27,28). The van der Waals surface area contributed by atoms with Crippen LogP contribution in [0.25, 0.3) is 0 Å². The van der Waals surface area contributed by atoms with Crippen molar-refractivity contribution in [2.75, 3.05) is 72.6 Å². The van der Waals surface area contributed by atoms with Crippen LogP contribution >= 0.6 is 0 Å². The molecule has 0 spiro atoms. The molecule has 1 aromatic carbocycles. The fraction of sp³-hybridized carbons (Fsp3) is 0.720. The van der Waals surface area contributed by atoms with E-state index in [1.54, 1.807) is 0 Å². The minimum atomic E-state index is 0.515. The molecule has 0 aliphatic carbocycles. The van der Waals surface area contributed by atoms with E-state index in [0.29, 0.717) is 18.5 Å². The zero-order valence-corrected chi connectivity index (χ0v) is 20.6. The maximum absolute atomic E-state index is 5.50. The van der Waals surface area contributed by atoms with Gasteiger partial charge in [-0.15, -0.1) is 0 Å². The summed E-state index contributed by atoms with van der Waals surface area (Å²) in [5, 5.41) is 7.08. The summed E-state index contributed by atoms with van der Waals surface area (Å²) in [5.41, 5.74) is 2.67. The van der Waals surface area contributed by atoms with Gasteiger partial charge in [0, 0.05) is 64.9 Å². The predicted molar refractivity (Wildman–Crippen MR) is 133 cm³/mol. The normalized spacial score (nSPS) is 20.5. The van der Waals surface area contributed by atoms with E-state index in [4.69, 9.17) is 9.73 Å². The molecule has 2 aliphatic heterocycles. The third kappa shape index (κ3) is 7.73. The van der Waals surface area contributed by atoms with Crippen molar-refractivity contribution in [1.82, 2.24) is 25.3 Å². The molecule has 1 aromatic rings. The first-order valence-electron chi connectivity index (χ1n) is 12.4. The van der Waals surface area contributed by atoms with Gasteiger partial charge in [-0.05, 0) is 31.0 Å². The largest absolute Gasteiger partial charge is 0.379 e. The van der Waals surface area contributed by atoms with Crippen molar-refractivity contribution in [2.45, 2.75) is 39.9 Å². The summed E-state index contributed by atoms with van der Waals surface area (Å²) < 4.78 is 5.50. The first-order chi connectivity index (χ1) is 15.6. The fourth-order valence-electron chi connectivity index (χ4n) is 4.51. The van der Waals surface area contributed by atoms with E-state index in [-0.39, 0.29) is 0 Å². The van der Waals surface area contributed by atoms with Gasteiger partial charge in [-0.3, -0.25) is 9.80 Å². The van der Waals surface area contributed by atoms with Crippen LogP contribution in [-0.2, 0) is 17.8 Å². The van der Waals surface area contributed by atoms with Gasteiger partial charge < -0.3 is 20.3 Å². The molecule has 3 rings (SSSR count). The van der Waals surface area contributed by atoms with Gasteiger partial charge in [0.1, 0.15) is 0 Å². The van der Waals surface area contributed by atoms with Crippen LogP contribution in [0.4, 0.5) is 0 Å². The van der Waals surface area contributed by atoms with Crippen molar-refractivity contribution in [1.29, 1.82) is 0 Å². The van der Waals surface area contributed by atoms with Crippen molar-refractivity contribution in [3.05, 3.63) is 35.4 Å². The second-order valence-corrected chi connectivity index (χ2v) is 9.38. The lowest BCUT2D eigenvalue weighted by Crippen LogP contribution is -2.55. The lowest BCUT2D eigenvalue weighted by atomic mass is 10.0. The zero-order chi connectivity index (χ0) is 22.8. The molecule has 2 saturated heterocycles. The molecule has 1 unspecified atom stereocenters. The summed E-state index contributed by atoms with van der Waals surface area (Å²) in [6, 6.07) is 9.22. The first-order valence-corrected chi connectivity index (χ1v) is 12.4. The van der Waals surface area contributed by atoms with E-state index < -0.39 is 0 Å². The average Bonchev–Trinajstić information content (AvgIpc) is 2.80. The number of piperazine rings is 1. The molecular formula is C25H44N6O. The molecule has 0 amide bonds. The van der Waals surface area contributed by atoms with Gasteiger partial charge >= 0.3 is 0 Å². The monoisotopic (exact) mass is 444 g/mol. The highest BCUT2D eigenvalue weighted by Gasteiger charge is 2.25. The minimum Gasteiger partial charge on any atom is -0.379 e. The Morgan fingerprint density at radius 1 is 1.00 bits per heavy atom. The Morgan fingerprint density at radius 2 is 1.69 bits per heavy atom. The molecule has 7 nitrogen and oxygen atoms in total. The molecule has 7 heteroatoms. The number of guanidine groups is 1. The number of nitrogens with one attached hydrogen (secondary N) is 2. The van der Waals surface area contributed by atoms with Gasteiger partial charge in [0.15, 0.2) is 5.96 Å². The topological polar surface area (TPSA) is 55.4 Å². The molecule has 0 aromatic heterocycles. The van der Waals surface area contributed by atoms with Crippen molar-refractivity contribution in [2.24, 2.45) is 10.9 Å². The summed E-state index contributed by atoms with van der Waals surface area (Å²) >= 11 is 0. The van der Waals surface area contributed by atoms with Crippen LogP contribution in [0, 0.1) is 5.92 Å². The number of benzene rings is 1. The Kier molecular flexibility index (Phi) is 10.2. The quantitative estimate of drug-likeness (QED) is 0.448. The molecule has 1 atom stereocenters. The molecule has 2 heterocycles. The third-order valence-corrected chi connectivity index (χ3v) is 6.62. The van der Waals surface area contributed by atoms with E-state index in [2.05, 4.69) is 77.4 Å². The summed E-state index contributed by atoms with van der Waals surface area (Å²) in [7, 11) is 2.22. The Bertz CT molecular complexity index is 695. The molecule has 0 radical (unpaired) electrons. The van der Waals surface area contributed by atoms with E-state index in [9.17, 15) is 0 Å². The van der Waals surface area contributed by atoms with Crippen molar-refractivity contribution in [3.8, 4) is 0 Å². The van der Waals surface area contributed by atoms with Gasteiger partial charge in [0.2, 0.25) is 0 Å². The third-order valence-electron chi connectivity index (χ3n) is 6.62. The molecule has 0 saturated carbocycles. The Morgan fingerprint density at radius 3 is 2.34 bits per heavy atom. The highest BCUT2D eigenvalue weighted by atomic mass is 16.5. The van der Waals surface area contributed by atoms with Crippen LogP contribution < -0.4 is 10.6 Å². The molecule has 2 fully saturated rings. The van der Waals surface area contributed by atoms with Crippen LogP contribution in [0.3, 0.4) is 0 Å². The second kappa shape index (κ2) is 13.1. The number of likely N-dealkylation sites (N-methyl/N-ethyl adjacent to an activating group) is 1. The smallest absolute Gasteiger partial charge is 0.191 e. The van der Waals surface area contributed by atoms with Crippen molar-refractivity contribution >= 4 is 5.96 Å². The van der Waals surface area contributed by atoms with Gasteiger partial charge in [-0.25, -0.2) is 4.99 Å². The minimum absolute atomic E-state index is 0.515. The van der Waals surface area contributed by atoms with Crippen LogP contribution in [0.15, 0.2) is 29.3 Å². The Labute approximate surface area is 195 Å². The van der Waals surface area contributed by atoms with Gasteiger partial charge in [-0.1, -0.05) is 38.1 Å². The average molecular weight is 445 g/mol. The molecular weight excluding hydrogens is 400 g/mol. The van der Waals surface area contributed by atoms with Crippen molar-refractivity contribution < 1.29 is 4.74 Å². The fourth-order valence-corrected chi connectivity index (χ4v) is 4.51. The highest BCUT2D eigenvalue weighted by molar-refractivity contribution is 5.79. The number of morpholine rings is 1. The Balaban J connectivity index is 1.60. The van der Waals surface area contributed by atoms with Crippen LogP contribution in [0.5, 0.6) is 0 Å². The van der Waals surface area contributed by atoms with Crippen LogP contribution in [-0.4, -0.2) is 99.3 Å². The van der Waals surface area contributed by atoms with Gasteiger partial charge in [0.05, 0.1) is 19.8 Å². The maximum atomic E-state index is 5.50. The van der Waals surface area contributed by atoms with E-state index in [1.807, 2.05) is 0 Å². The SMILES string of the molecule is CCNC(=NCc1ccccc1CN1CCOCC1)NCC(C(C)C)N1CCN(C)CC1. The number of hydrogen-bond acceptors (Lipinski definition) is 5. The first kappa shape index (κ1) is 25.0. The van der Waals surface area contributed by atoms with Gasteiger partial charge in [0.25, 0.3) is 0 Å². The Hall–Kier alpha value is -1.67. The zero-order valence-electron chi connectivity index (χ0n) is 20.6. The van der Waals surface area contributed by atoms with E-state index in [1.165, 1.54) is 11.1 Å². The summed E-state index contributed by atoms with van der Waals surface area (Å²) in [6.07, 6.45) is 0. The number of nitrogens with zero attached hydrogens (tertiary/aromatic N) is 4. The second-order valence-electron chi connectivity index (χ2n) is 9.38. The van der Waals surface area contributed by atoms with Crippen molar-refractivity contribution in [3.63, 3.8) is 0 Å². The van der Waals surface area contributed by atoms with Crippen LogP contribution in [0.2, 0.25) is 0 Å². The highest BCUT2D eigenvalue weighted by Crippen LogP contribution is 2.15. The maximum Gasteiger partial charge on any atom is 0.191 e. The van der Waals surface area contributed by atoms with E-state index in [0.717, 1.165) is 78.1 Å². The summed E-state index contributed by atoms with van der Waals surface area (Å²) in [5.74, 6) is 1.51. The number of ether oxygens (including phenoxy) is 1. The van der Waals surface area contributed by atoms with Gasteiger partial charge in [-0.2, -0.15) is 0 Å². The molecule has 2 aliphatic rings. The summed E-state index contributed by atoms with van der Waals surface area (Å²) in [6.45, 7) is 18.5. The summed E-state index contributed by atoms with van der Waals surface area (Å²) in [4.78, 5) is 12.5. The molecule has 32 heavy (non-hydrogen) atoms. The number of aliphatic imine (C=N–C) groups is 1. The molecule has 0 bridgehead atoms. The lowest BCUT2D eigenvalue weighted by Gasteiger charge is -2.40. The number of rotatable bonds is 9.